The zero-order valence-electron chi connectivity index (χ0n) is 19.2. The fourth-order valence-electron chi connectivity index (χ4n) is 4.74. The van der Waals surface area contributed by atoms with Crippen LogP contribution in [0.15, 0.2) is 79.4 Å². The molecule has 0 unspecified atom stereocenters. The highest BCUT2D eigenvalue weighted by atomic mass is 16.3. The Kier molecular flexibility index (Phi) is 6.43. The van der Waals surface area contributed by atoms with Crippen molar-refractivity contribution < 1.29 is 10.2 Å². The number of H-pyrrole nitrogens is 1. The number of imidazole rings is 2. The summed E-state index contributed by atoms with van der Waals surface area (Å²) >= 11 is 0. The Hall–Kier alpha value is -3.48. The Bertz CT molecular complexity index is 1220. The second-order valence-corrected chi connectivity index (χ2v) is 9.06. The van der Waals surface area contributed by atoms with Gasteiger partial charge in [-0.1, -0.05) is 60.7 Å². The molecule has 1 aliphatic rings. The summed E-state index contributed by atoms with van der Waals surface area (Å²) in [7, 11) is 0. The van der Waals surface area contributed by atoms with Gasteiger partial charge in [0.25, 0.3) is 0 Å². The normalized spacial score (nSPS) is 19.7. The molecule has 34 heavy (non-hydrogen) atoms. The van der Waals surface area contributed by atoms with Crippen molar-refractivity contribution in [1.82, 2.24) is 19.5 Å². The zero-order chi connectivity index (χ0) is 23.5. The molecule has 0 saturated heterocycles. The standard InChI is InChI=1S/C28H30N4O2/c1-19(34)28-31-14-15-32(28)26(18-33)11-4-20-2-5-21(6-3-20)22-7-9-23(10-8-22)24-16-25(17-24)27-29-12-13-30-27/h2-15,19,24-26,33-34H,16-18H2,1H3,(H,29,30)/b11-4+/t19-,24?,25?,26-/m0/s1. The summed E-state index contributed by atoms with van der Waals surface area (Å²) in [6.07, 6.45) is 12.7. The van der Waals surface area contributed by atoms with Crippen LogP contribution in [0.3, 0.4) is 0 Å². The summed E-state index contributed by atoms with van der Waals surface area (Å²) in [6, 6.07) is 17.0. The number of benzene rings is 2. The van der Waals surface area contributed by atoms with Gasteiger partial charge in [-0.15, -0.1) is 0 Å². The van der Waals surface area contributed by atoms with E-state index in [4.69, 9.17) is 0 Å². The minimum Gasteiger partial charge on any atom is -0.394 e. The third kappa shape index (κ3) is 4.60. The lowest BCUT2D eigenvalue weighted by molar-refractivity contribution is 0.175. The number of aliphatic hydroxyl groups excluding tert-OH is 2. The SMILES string of the molecule is C[C@H](O)c1nccn1[C@@H](/C=C/c1ccc(-c2ccc(C3CC(c4ncc[nH]4)C3)cc2)cc1)CO. The van der Waals surface area contributed by atoms with Gasteiger partial charge in [0.2, 0.25) is 0 Å². The van der Waals surface area contributed by atoms with Crippen LogP contribution < -0.4 is 0 Å². The minimum absolute atomic E-state index is 0.0692. The Balaban J connectivity index is 1.22. The van der Waals surface area contributed by atoms with Crippen LogP contribution in [0.4, 0.5) is 0 Å². The molecule has 0 bridgehead atoms. The molecule has 0 aliphatic heterocycles. The van der Waals surface area contributed by atoms with Crippen LogP contribution in [0.2, 0.25) is 0 Å². The summed E-state index contributed by atoms with van der Waals surface area (Å²) in [6.45, 7) is 1.60. The Morgan fingerprint density at radius 1 is 1.00 bits per heavy atom. The molecular weight excluding hydrogens is 424 g/mol. The van der Waals surface area contributed by atoms with Crippen molar-refractivity contribution in [3.63, 3.8) is 0 Å². The van der Waals surface area contributed by atoms with Crippen LogP contribution in [-0.2, 0) is 0 Å². The smallest absolute Gasteiger partial charge is 0.137 e. The molecule has 2 heterocycles. The van der Waals surface area contributed by atoms with Crippen LogP contribution in [0.5, 0.6) is 0 Å². The highest BCUT2D eigenvalue weighted by Crippen LogP contribution is 2.46. The molecule has 0 amide bonds. The van der Waals surface area contributed by atoms with E-state index in [2.05, 4.69) is 63.5 Å². The molecule has 4 aromatic rings. The minimum atomic E-state index is -0.690. The van der Waals surface area contributed by atoms with Crippen molar-refractivity contribution in [2.24, 2.45) is 0 Å². The largest absolute Gasteiger partial charge is 0.394 e. The highest BCUT2D eigenvalue weighted by Gasteiger charge is 2.32. The first kappa shape index (κ1) is 22.3. The first-order chi connectivity index (χ1) is 16.6. The van der Waals surface area contributed by atoms with E-state index >= 15 is 0 Å². The number of nitrogens with one attached hydrogen (secondary N) is 1. The Labute approximate surface area is 199 Å². The molecule has 6 nitrogen and oxygen atoms in total. The first-order valence-corrected chi connectivity index (χ1v) is 11.8. The van der Waals surface area contributed by atoms with Crippen molar-refractivity contribution in [1.29, 1.82) is 0 Å². The van der Waals surface area contributed by atoms with E-state index < -0.39 is 6.10 Å². The number of aromatic amines is 1. The van der Waals surface area contributed by atoms with Gasteiger partial charge in [0.15, 0.2) is 0 Å². The summed E-state index contributed by atoms with van der Waals surface area (Å²) in [4.78, 5) is 11.8. The third-order valence-electron chi connectivity index (χ3n) is 6.80. The number of nitrogens with zero attached hydrogens (tertiary/aromatic N) is 3. The molecule has 0 radical (unpaired) electrons. The molecule has 0 spiro atoms. The lowest BCUT2D eigenvalue weighted by atomic mass is 9.71. The molecule has 1 fully saturated rings. The molecule has 5 rings (SSSR count). The van der Waals surface area contributed by atoms with E-state index in [9.17, 15) is 10.2 Å². The lowest BCUT2D eigenvalue weighted by Crippen LogP contribution is -2.21. The van der Waals surface area contributed by atoms with Gasteiger partial charge in [-0.25, -0.2) is 9.97 Å². The molecule has 1 saturated carbocycles. The molecular formula is C28H30N4O2. The van der Waals surface area contributed by atoms with Gasteiger partial charge in [-0.2, -0.15) is 0 Å². The predicted molar refractivity (Wildman–Crippen MR) is 133 cm³/mol. The lowest BCUT2D eigenvalue weighted by Gasteiger charge is -2.34. The second kappa shape index (κ2) is 9.79. The van der Waals surface area contributed by atoms with E-state index in [1.807, 2.05) is 24.5 Å². The van der Waals surface area contributed by atoms with Gasteiger partial charge in [0.1, 0.15) is 17.8 Å². The molecule has 6 heteroatoms. The van der Waals surface area contributed by atoms with Crippen molar-refractivity contribution in [3.05, 3.63) is 102 Å². The predicted octanol–water partition coefficient (Wildman–Crippen LogP) is 5.23. The topological polar surface area (TPSA) is 87.0 Å². The van der Waals surface area contributed by atoms with Gasteiger partial charge >= 0.3 is 0 Å². The molecule has 2 aromatic carbocycles. The van der Waals surface area contributed by atoms with Crippen molar-refractivity contribution in [2.45, 2.75) is 43.7 Å². The van der Waals surface area contributed by atoms with Crippen molar-refractivity contribution in [3.8, 4) is 11.1 Å². The van der Waals surface area contributed by atoms with Crippen LogP contribution in [0, 0.1) is 0 Å². The molecule has 2 aromatic heterocycles. The van der Waals surface area contributed by atoms with E-state index in [1.54, 1.807) is 23.9 Å². The van der Waals surface area contributed by atoms with Crippen LogP contribution in [0.25, 0.3) is 17.2 Å². The average Bonchev–Trinajstić information content (AvgIpc) is 3.52. The number of hydrogen-bond donors (Lipinski definition) is 3. The molecule has 2 atom stereocenters. The Morgan fingerprint density at radius 2 is 1.71 bits per heavy atom. The summed E-state index contributed by atoms with van der Waals surface area (Å²) in [5, 5.41) is 19.7. The molecule has 1 aliphatic carbocycles. The van der Waals surface area contributed by atoms with E-state index in [0.717, 1.165) is 24.2 Å². The van der Waals surface area contributed by atoms with Crippen LogP contribution >= 0.6 is 0 Å². The molecule has 3 N–H and O–H groups in total. The van der Waals surface area contributed by atoms with E-state index in [0.29, 0.717) is 17.7 Å². The van der Waals surface area contributed by atoms with Gasteiger partial charge < -0.3 is 19.8 Å². The number of rotatable bonds is 8. The highest BCUT2D eigenvalue weighted by molar-refractivity contribution is 5.66. The monoisotopic (exact) mass is 454 g/mol. The van der Waals surface area contributed by atoms with Crippen LogP contribution in [-0.4, -0.2) is 36.3 Å². The first-order valence-electron chi connectivity index (χ1n) is 11.8. The van der Waals surface area contributed by atoms with E-state index in [1.165, 1.54) is 16.7 Å². The maximum atomic E-state index is 9.88. The quantitative estimate of drug-likeness (QED) is 0.340. The van der Waals surface area contributed by atoms with E-state index in [-0.39, 0.29) is 12.6 Å². The van der Waals surface area contributed by atoms with Crippen molar-refractivity contribution >= 4 is 6.08 Å². The van der Waals surface area contributed by atoms with Gasteiger partial charge in [-0.05, 0) is 47.9 Å². The second-order valence-electron chi connectivity index (χ2n) is 9.06. The molecule has 174 valence electrons. The number of aliphatic hydroxyl groups is 2. The zero-order valence-corrected chi connectivity index (χ0v) is 19.2. The maximum absolute atomic E-state index is 9.88. The average molecular weight is 455 g/mol. The summed E-state index contributed by atoms with van der Waals surface area (Å²) < 4.78 is 1.80. The maximum Gasteiger partial charge on any atom is 0.137 e. The van der Waals surface area contributed by atoms with Crippen LogP contribution in [0.1, 0.15) is 66.5 Å². The summed E-state index contributed by atoms with van der Waals surface area (Å²) in [5.41, 5.74) is 4.83. The fraction of sp³-hybridized carbons (Fsp3) is 0.286. The van der Waals surface area contributed by atoms with Gasteiger partial charge in [-0.3, -0.25) is 0 Å². The summed E-state index contributed by atoms with van der Waals surface area (Å²) in [5.74, 6) is 2.82. The third-order valence-corrected chi connectivity index (χ3v) is 6.80. The van der Waals surface area contributed by atoms with Crippen molar-refractivity contribution in [2.75, 3.05) is 6.61 Å². The van der Waals surface area contributed by atoms with Gasteiger partial charge in [0.05, 0.1) is 12.6 Å². The van der Waals surface area contributed by atoms with Gasteiger partial charge in [0, 0.05) is 30.7 Å². The Morgan fingerprint density at radius 3 is 2.32 bits per heavy atom. The number of hydrogen-bond acceptors (Lipinski definition) is 4. The fourth-order valence-corrected chi connectivity index (χ4v) is 4.74. The number of aromatic nitrogens is 4.